The zero-order valence-corrected chi connectivity index (χ0v) is 12.7. The standard InChI is InChI=1S/C11H8Br2N2OS/c12-6-3-9(16)15(4-6)8-2-1-7-11(10(8)13)17-5-14-7/h1-2,5-6H,3-4H2. The van der Waals surface area contributed by atoms with Crippen LogP contribution in [-0.2, 0) is 4.79 Å². The topological polar surface area (TPSA) is 33.2 Å². The van der Waals surface area contributed by atoms with Crippen LogP contribution in [0.5, 0.6) is 0 Å². The van der Waals surface area contributed by atoms with Crippen LogP contribution in [0.4, 0.5) is 5.69 Å². The summed E-state index contributed by atoms with van der Waals surface area (Å²) in [6.45, 7) is 0.724. The third-order valence-corrected chi connectivity index (χ3v) is 5.33. The summed E-state index contributed by atoms with van der Waals surface area (Å²) in [5.74, 6) is 0.163. The van der Waals surface area contributed by atoms with Gasteiger partial charge in [0.2, 0.25) is 5.91 Å². The van der Waals surface area contributed by atoms with E-state index in [4.69, 9.17) is 0 Å². The largest absolute Gasteiger partial charge is 0.310 e. The molecule has 0 aliphatic carbocycles. The molecule has 3 rings (SSSR count). The highest BCUT2D eigenvalue weighted by molar-refractivity contribution is 9.11. The molecule has 88 valence electrons. The first-order valence-electron chi connectivity index (χ1n) is 5.13. The summed E-state index contributed by atoms with van der Waals surface area (Å²) in [4.78, 5) is 18.2. The molecule has 1 aliphatic heterocycles. The maximum Gasteiger partial charge on any atom is 0.228 e. The Bertz CT molecular complexity index is 598. The van der Waals surface area contributed by atoms with Crippen molar-refractivity contribution in [2.24, 2.45) is 0 Å². The highest BCUT2D eigenvalue weighted by Gasteiger charge is 2.30. The van der Waals surface area contributed by atoms with E-state index >= 15 is 0 Å². The monoisotopic (exact) mass is 374 g/mol. The number of rotatable bonds is 1. The molecule has 0 bridgehead atoms. The molecule has 1 aliphatic rings. The third kappa shape index (κ3) is 1.92. The molecular weight excluding hydrogens is 368 g/mol. The van der Waals surface area contributed by atoms with Crippen molar-refractivity contribution < 1.29 is 4.79 Å². The van der Waals surface area contributed by atoms with Gasteiger partial charge in [-0.2, -0.15) is 0 Å². The number of aromatic nitrogens is 1. The second-order valence-corrected chi connectivity index (χ2v) is 6.85. The number of amides is 1. The van der Waals surface area contributed by atoms with E-state index in [1.165, 1.54) is 0 Å². The quantitative estimate of drug-likeness (QED) is 0.714. The smallest absolute Gasteiger partial charge is 0.228 e. The minimum absolute atomic E-state index is 0.163. The van der Waals surface area contributed by atoms with Gasteiger partial charge in [-0.05, 0) is 28.1 Å². The summed E-state index contributed by atoms with van der Waals surface area (Å²) in [5, 5.41) is 0. The van der Waals surface area contributed by atoms with Crippen LogP contribution in [0.15, 0.2) is 22.1 Å². The van der Waals surface area contributed by atoms with Crippen LogP contribution in [0.1, 0.15) is 6.42 Å². The molecule has 17 heavy (non-hydrogen) atoms. The van der Waals surface area contributed by atoms with Crippen LogP contribution in [0.2, 0.25) is 0 Å². The highest BCUT2D eigenvalue weighted by atomic mass is 79.9. The van der Waals surface area contributed by atoms with Gasteiger partial charge < -0.3 is 4.90 Å². The molecule has 1 unspecified atom stereocenters. The van der Waals surface area contributed by atoms with Gasteiger partial charge in [0.15, 0.2) is 0 Å². The van der Waals surface area contributed by atoms with Crippen molar-refractivity contribution in [2.45, 2.75) is 11.2 Å². The van der Waals surface area contributed by atoms with Crippen LogP contribution in [0.3, 0.4) is 0 Å². The zero-order valence-electron chi connectivity index (χ0n) is 8.69. The number of halogens is 2. The lowest BCUT2D eigenvalue weighted by molar-refractivity contribution is -0.117. The summed E-state index contributed by atoms with van der Waals surface area (Å²) in [6.07, 6.45) is 0.563. The molecule has 0 N–H and O–H groups in total. The van der Waals surface area contributed by atoms with Crippen LogP contribution in [-0.4, -0.2) is 22.3 Å². The number of hydrogen-bond acceptors (Lipinski definition) is 3. The fourth-order valence-corrected chi connectivity index (χ4v) is 4.11. The van der Waals surface area contributed by atoms with Gasteiger partial charge in [0, 0.05) is 17.8 Å². The molecule has 1 fully saturated rings. The Morgan fingerprint density at radius 1 is 1.47 bits per heavy atom. The Hall–Kier alpha value is -0.460. The molecule has 1 aromatic carbocycles. The molecule has 3 nitrogen and oxygen atoms in total. The number of thiazole rings is 1. The number of fused-ring (bicyclic) bond motifs is 1. The number of carbonyl (C=O) groups is 1. The normalized spacial score (nSPS) is 20.5. The molecule has 2 heterocycles. The Balaban J connectivity index is 2.11. The Labute approximate surface area is 119 Å². The van der Waals surface area contributed by atoms with Gasteiger partial charge in [-0.15, -0.1) is 11.3 Å². The number of nitrogens with zero attached hydrogens (tertiary/aromatic N) is 2. The van der Waals surface area contributed by atoms with Crippen LogP contribution < -0.4 is 4.90 Å². The molecule has 2 aromatic rings. The maximum absolute atomic E-state index is 11.9. The molecule has 1 aromatic heterocycles. The lowest BCUT2D eigenvalue weighted by atomic mass is 10.3. The van der Waals surface area contributed by atoms with Gasteiger partial charge in [0.1, 0.15) is 0 Å². The minimum Gasteiger partial charge on any atom is -0.310 e. The second kappa shape index (κ2) is 4.33. The molecule has 1 amide bonds. The van der Waals surface area contributed by atoms with E-state index in [1.807, 2.05) is 22.5 Å². The number of benzene rings is 1. The van der Waals surface area contributed by atoms with Crippen LogP contribution >= 0.6 is 43.2 Å². The van der Waals surface area contributed by atoms with Crippen molar-refractivity contribution in [3.63, 3.8) is 0 Å². The van der Waals surface area contributed by atoms with Crippen molar-refractivity contribution in [3.8, 4) is 0 Å². The molecule has 1 atom stereocenters. The summed E-state index contributed by atoms with van der Waals surface area (Å²) in [5.41, 5.74) is 3.72. The summed E-state index contributed by atoms with van der Waals surface area (Å²) in [6, 6.07) is 3.91. The molecule has 6 heteroatoms. The Morgan fingerprint density at radius 2 is 2.29 bits per heavy atom. The number of anilines is 1. The van der Waals surface area contributed by atoms with Gasteiger partial charge in [0.25, 0.3) is 0 Å². The molecule has 0 radical (unpaired) electrons. The SMILES string of the molecule is O=C1CC(Br)CN1c1ccc2ncsc2c1Br. The van der Waals surface area contributed by atoms with Gasteiger partial charge >= 0.3 is 0 Å². The third-order valence-electron chi connectivity index (χ3n) is 2.79. The zero-order chi connectivity index (χ0) is 12.0. The van der Waals surface area contributed by atoms with E-state index in [0.29, 0.717) is 6.42 Å². The van der Waals surface area contributed by atoms with Crippen molar-refractivity contribution >= 4 is 65.0 Å². The maximum atomic E-state index is 11.9. The van der Waals surface area contributed by atoms with E-state index in [-0.39, 0.29) is 10.7 Å². The van der Waals surface area contributed by atoms with Crippen LogP contribution in [0.25, 0.3) is 10.2 Å². The van der Waals surface area contributed by atoms with E-state index in [2.05, 4.69) is 36.8 Å². The van der Waals surface area contributed by atoms with Crippen molar-refractivity contribution in [1.82, 2.24) is 4.98 Å². The fourth-order valence-electron chi connectivity index (χ4n) is 1.99. The Morgan fingerprint density at radius 3 is 3.00 bits per heavy atom. The van der Waals surface area contributed by atoms with Gasteiger partial charge in [-0.1, -0.05) is 15.9 Å². The molecular formula is C11H8Br2N2OS. The predicted molar refractivity (Wildman–Crippen MR) is 77.0 cm³/mol. The fraction of sp³-hybridized carbons (Fsp3) is 0.273. The number of carbonyl (C=O) groups excluding carboxylic acids is 1. The van der Waals surface area contributed by atoms with E-state index in [0.717, 1.165) is 26.9 Å². The summed E-state index contributed by atoms with van der Waals surface area (Å²) < 4.78 is 2.06. The average Bonchev–Trinajstić information content (AvgIpc) is 2.86. The van der Waals surface area contributed by atoms with Gasteiger partial charge in [-0.25, -0.2) is 4.98 Å². The van der Waals surface area contributed by atoms with E-state index in [1.54, 1.807) is 11.3 Å². The minimum atomic E-state index is 0.163. The number of hydrogen-bond donors (Lipinski definition) is 0. The van der Waals surface area contributed by atoms with E-state index < -0.39 is 0 Å². The van der Waals surface area contributed by atoms with Crippen molar-refractivity contribution in [3.05, 3.63) is 22.1 Å². The summed E-state index contributed by atoms with van der Waals surface area (Å²) >= 11 is 8.66. The van der Waals surface area contributed by atoms with Crippen molar-refractivity contribution in [1.29, 1.82) is 0 Å². The molecule has 0 spiro atoms. The highest BCUT2D eigenvalue weighted by Crippen LogP contribution is 2.37. The first kappa shape index (κ1) is 11.6. The first-order valence-corrected chi connectivity index (χ1v) is 7.72. The second-order valence-electron chi connectivity index (χ2n) is 3.91. The number of alkyl halides is 1. The predicted octanol–water partition coefficient (Wildman–Crippen LogP) is 3.56. The van der Waals surface area contributed by atoms with Crippen molar-refractivity contribution in [2.75, 3.05) is 11.4 Å². The summed E-state index contributed by atoms with van der Waals surface area (Å²) in [7, 11) is 0. The van der Waals surface area contributed by atoms with Gasteiger partial charge in [-0.3, -0.25) is 4.79 Å². The van der Waals surface area contributed by atoms with Gasteiger partial charge in [0.05, 0.1) is 25.9 Å². The molecule has 1 saturated heterocycles. The van der Waals surface area contributed by atoms with Crippen LogP contribution in [0, 0.1) is 0 Å². The molecule has 0 saturated carbocycles. The first-order chi connectivity index (χ1) is 8.16. The lowest BCUT2D eigenvalue weighted by Gasteiger charge is -2.17. The average molecular weight is 376 g/mol. The Kier molecular flexibility index (Phi) is 2.96. The lowest BCUT2D eigenvalue weighted by Crippen LogP contribution is -2.24. The van der Waals surface area contributed by atoms with E-state index in [9.17, 15) is 4.79 Å².